The topological polar surface area (TPSA) is 66.0 Å². The van der Waals surface area contributed by atoms with Crippen molar-refractivity contribution in [3.05, 3.63) is 59.8 Å². The van der Waals surface area contributed by atoms with Gasteiger partial charge in [0.1, 0.15) is 0 Å². The number of nitrogens with zero attached hydrogens (tertiary/aromatic N) is 4. The first kappa shape index (κ1) is 19.2. The summed E-state index contributed by atoms with van der Waals surface area (Å²) in [5.74, 6) is 1.97. The second kappa shape index (κ2) is 8.47. The standard InChI is InChI=1S/C23H28N6/c1-16-11-13-29(14-12-16)20-9-7-19(8-10-20)25-23-27-22(15-24-28-23)26-21-6-4-5-17(2)18(21)3/h4-10,15-16H,11-14H2,1-3H3,(H2,25,26,27,28). The molecule has 0 saturated carbocycles. The molecule has 1 aliphatic heterocycles. The molecule has 0 atom stereocenters. The number of nitrogens with one attached hydrogen (secondary N) is 2. The second-order valence-corrected chi connectivity index (χ2v) is 7.88. The third kappa shape index (κ3) is 4.65. The van der Waals surface area contributed by atoms with Crippen LogP contribution in [0.1, 0.15) is 30.9 Å². The molecular formula is C23H28N6. The van der Waals surface area contributed by atoms with Crippen molar-refractivity contribution in [3.63, 3.8) is 0 Å². The molecule has 0 aliphatic carbocycles. The first-order valence-corrected chi connectivity index (χ1v) is 10.2. The zero-order chi connectivity index (χ0) is 20.2. The summed E-state index contributed by atoms with van der Waals surface area (Å²) in [5.41, 5.74) is 5.68. The van der Waals surface area contributed by atoms with Gasteiger partial charge in [-0.3, -0.25) is 0 Å². The molecule has 0 radical (unpaired) electrons. The van der Waals surface area contributed by atoms with Crippen LogP contribution >= 0.6 is 0 Å². The molecule has 1 aromatic heterocycles. The van der Waals surface area contributed by atoms with Crippen molar-refractivity contribution in [2.45, 2.75) is 33.6 Å². The van der Waals surface area contributed by atoms with Gasteiger partial charge in [-0.25, -0.2) is 0 Å². The highest BCUT2D eigenvalue weighted by Crippen LogP contribution is 2.25. The summed E-state index contributed by atoms with van der Waals surface area (Å²) in [4.78, 5) is 7.00. The molecule has 2 N–H and O–H groups in total. The Morgan fingerprint density at radius 1 is 0.966 bits per heavy atom. The van der Waals surface area contributed by atoms with Crippen molar-refractivity contribution in [2.75, 3.05) is 28.6 Å². The molecular weight excluding hydrogens is 360 g/mol. The smallest absolute Gasteiger partial charge is 0.249 e. The van der Waals surface area contributed by atoms with Gasteiger partial charge in [-0.05, 0) is 74.1 Å². The van der Waals surface area contributed by atoms with E-state index in [0.717, 1.165) is 30.4 Å². The van der Waals surface area contributed by atoms with Crippen LogP contribution in [0, 0.1) is 19.8 Å². The lowest BCUT2D eigenvalue weighted by atomic mass is 9.99. The highest BCUT2D eigenvalue weighted by Gasteiger charge is 2.15. The maximum atomic E-state index is 4.55. The van der Waals surface area contributed by atoms with E-state index in [4.69, 9.17) is 0 Å². The van der Waals surface area contributed by atoms with E-state index < -0.39 is 0 Å². The average molecular weight is 389 g/mol. The predicted octanol–water partition coefficient (Wildman–Crippen LogP) is 5.21. The number of rotatable bonds is 5. The van der Waals surface area contributed by atoms with Crippen molar-refractivity contribution in [1.29, 1.82) is 0 Å². The van der Waals surface area contributed by atoms with Crippen molar-refractivity contribution < 1.29 is 0 Å². The van der Waals surface area contributed by atoms with E-state index in [-0.39, 0.29) is 0 Å². The molecule has 1 fully saturated rings. The van der Waals surface area contributed by atoms with E-state index in [9.17, 15) is 0 Å². The van der Waals surface area contributed by atoms with Crippen LogP contribution < -0.4 is 15.5 Å². The van der Waals surface area contributed by atoms with Gasteiger partial charge >= 0.3 is 0 Å². The highest BCUT2D eigenvalue weighted by atomic mass is 15.3. The maximum absolute atomic E-state index is 4.55. The lowest BCUT2D eigenvalue weighted by Gasteiger charge is -2.32. The van der Waals surface area contributed by atoms with Crippen LogP contribution in [0.25, 0.3) is 0 Å². The molecule has 3 aromatic rings. The molecule has 6 nitrogen and oxygen atoms in total. The predicted molar refractivity (Wildman–Crippen MR) is 119 cm³/mol. The lowest BCUT2D eigenvalue weighted by molar-refractivity contribution is 0.438. The molecule has 0 amide bonds. The first-order chi connectivity index (χ1) is 14.1. The number of benzene rings is 2. The van der Waals surface area contributed by atoms with E-state index in [0.29, 0.717) is 11.8 Å². The highest BCUT2D eigenvalue weighted by molar-refractivity contribution is 5.63. The normalized spacial score (nSPS) is 14.7. The van der Waals surface area contributed by atoms with E-state index in [1.807, 2.05) is 12.1 Å². The number of hydrogen-bond donors (Lipinski definition) is 2. The number of anilines is 5. The third-order valence-corrected chi connectivity index (χ3v) is 5.70. The summed E-state index contributed by atoms with van der Waals surface area (Å²) in [6.45, 7) is 8.79. The van der Waals surface area contributed by atoms with Crippen LogP contribution in [0.5, 0.6) is 0 Å². The SMILES string of the molecule is Cc1cccc(Nc2cnnc(Nc3ccc(N4CCC(C)CC4)cc3)n2)c1C. The maximum Gasteiger partial charge on any atom is 0.249 e. The van der Waals surface area contributed by atoms with Gasteiger partial charge in [-0.2, -0.15) is 10.1 Å². The van der Waals surface area contributed by atoms with Crippen LogP contribution in [0.3, 0.4) is 0 Å². The molecule has 0 spiro atoms. The third-order valence-electron chi connectivity index (χ3n) is 5.70. The van der Waals surface area contributed by atoms with Gasteiger partial charge in [0.25, 0.3) is 0 Å². The number of aromatic nitrogens is 3. The Balaban J connectivity index is 1.43. The largest absolute Gasteiger partial charge is 0.372 e. The molecule has 2 heterocycles. The molecule has 29 heavy (non-hydrogen) atoms. The Hall–Kier alpha value is -3.15. The minimum Gasteiger partial charge on any atom is -0.372 e. The van der Waals surface area contributed by atoms with E-state index in [1.54, 1.807) is 6.20 Å². The zero-order valence-corrected chi connectivity index (χ0v) is 17.3. The number of hydrogen-bond acceptors (Lipinski definition) is 6. The van der Waals surface area contributed by atoms with Crippen LogP contribution in [0.15, 0.2) is 48.7 Å². The fourth-order valence-electron chi connectivity index (χ4n) is 3.59. The minimum absolute atomic E-state index is 0.472. The molecule has 4 rings (SSSR count). The van der Waals surface area contributed by atoms with Crippen LogP contribution in [-0.4, -0.2) is 28.3 Å². The molecule has 150 valence electrons. The second-order valence-electron chi connectivity index (χ2n) is 7.88. The average Bonchev–Trinajstić information content (AvgIpc) is 2.73. The van der Waals surface area contributed by atoms with Gasteiger partial charge in [-0.15, -0.1) is 5.10 Å². The summed E-state index contributed by atoms with van der Waals surface area (Å²) in [7, 11) is 0. The minimum atomic E-state index is 0.472. The summed E-state index contributed by atoms with van der Waals surface area (Å²) in [6, 6.07) is 14.6. The molecule has 1 saturated heterocycles. The summed E-state index contributed by atoms with van der Waals surface area (Å²) < 4.78 is 0. The Kier molecular flexibility index (Phi) is 5.60. The summed E-state index contributed by atoms with van der Waals surface area (Å²) >= 11 is 0. The summed E-state index contributed by atoms with van der Waals surface area (Å²) in [5, 5.41) is 14.8. The Morgan fingerprint density at radius 3 is 2.48 bits per heavy atom. The van der Waals surface area contributed by atoms with Gasteiger partial charge in [0.05, 0.1) is 6.20 Å². The van der Waals surface area contributed by atoms with Gasteiger partial charge in [0.15, 0.2) is 5.82 Å². The lowest BCUT2D eigenvalue weighted by Crippen LogP contribution is -2.32. The van der Waals surface area contributed by atoms with Crippen molar-refractivity contribution in [2.24, 2.45) is 5.92 Å². The molecule has 1 aliphatic rings. The van der Waals surface area contributed by atoms with Crippen molar-refractivity contribution in [3.8, 4) is 0 Å². The van der Waals surface area contributed by atoms with Crippen molar-refractivity contribution in [1.82, 2.24) is 15.2 Å². The zero-order valence-electron chi connectivity index (χ0n) is 17.3. The van der Waals surface area contributed by atoms with E-state index >= 15 is 0 Å². The van der Waals surface area contributed by atoms with Crippen LogP contribution in [0.4, 0.5) is 28.8 Å². The molecule has 2 aromatic carbocycles. The van der Waals surface area contributed by atoms with E-state index in [1.165, 1.54) is 29.7 Å². The van der Waals surface area contributed by atoms with Gasteiger partial charge in [0, 0.05) is 30.2 Å². The fourth-order valence-corrected chi connectivity index (χ4v) is 3.59. The molecule has 6 heteroatoms. The number of piperidine rings is 1. The Labute approximate surface area is 172 Å². The van der Waals surface area contributed by atoms with Crippen molar-refractivity contribution >= 4 is 28.8 Å². The van der Waals surface area contributed by atoms with Crippen LogP contribution in [0.2, 0.25) is 0 Å². The van der Waals surface area contributed by atoms with E-state index in [2.05, 4.69) is 81.8 Å². The fraction of sp³-hybridized carbons (Fsp3) is 0.348. The van der Waals surface area contributed by atoms with Crippen LogP contribution in [-0.2, 0) is 0 Å². The Morgan fingerprint density at radius 2 is 1.72 bits per heavy atom. The van der Waals surface area contributed by atoms with Gasteiger partial charge in [0.2, 0.25) is 5.95 Å². The van der Waals surface area contributed by atoms with Gasteiger partial charge < -0.3 is 15.5 Å². The Bertz CT molecular complexity index is 961. The monoisotopic (exact) mass is 388 g/mol. The number of aryl methyl sites for hydroxylation is 1. The summed E-state index contributed by atoms with van der Waals surface area (Å²) in [6.07, 6.45) is 4.16. The molecule has 0 bridgehead atoms. The first-order valence-electron chi connectivity index (χ1n) is 10.2. The molecule has 0 unspecified atom stereocenters. The quantitative estimate of drug-likeness (QED) is 0.625. The van der Waals surface area contributed by atoms with Gasteiger partial charge in [-0.1, -0.05) is 19.1 Å².